The molecule has 1 aromatic heterocycles. The Bertz CT molecular complexity index is 1150. The number of hydrogen-bond acceptors (Lipinski definition) is 7. The van der Waals surface area contributed by atoms with E-state index in [9.17, 15) is 18.0 Å². The summed E-state index contributed by atoms with van der Waals surface area (Å²) in [5.74, 6) is -0.243. The van der Waals surface area contributed by atoms with Crippen LogP contribution in [0.3, 0.4) is 0 Å². The Kier molecular flexibility index (Phi) is 7.01. The third-order valence-electron chi connectivity index (χ3n) is 4.98. The molecule has 1 amide bonds. The first-order valence-electron chi connectivity index (χ1n) is 10.2. The number of anilines is 1. The van der Waals surface area contributed by atoms with Crippen LogP contribution in [0.25, 0.3) is 0 Å². The molecule has 3 rings (SSSR count). The molecule has 1 aliphatic rings. The van der Waals surface area contributed by atoms with Crippen molar-refractivity contribution in [3.63, 3.8) is 0 Å². The predicted molar refractivity (Wildman–Crippen MR) is 118 cm³/mol. The van der Waals surface area contributed by atoms with Crippen LogP contribution in [-0.2, 0) is 31.5 Å². The molecular formula is C21H28N4O6S. The summed E-state index contributed by atoms with van der Waals surface area (Å²) in [5, 5.41) is 6.92. The van der Waals surface area contributed by atoms with Crippen LogP contribution >= 0.6 is 0 Å². The summed E-state index contributed by atoms with van der Waals surface area (Å²) in [7, 11) is -2.34. The van der Waals surface area contributed by atoms with Gasteiger partial charge in [0, 0.05) is 24.6 Å². The van der Waals surface area contributed by atoms with E-state index in [1.165, 1.54) is 35.7 Å². The minimum absolute atomic E-state index is 0.0283. The van der Waals surface area contributed by atoms with Crippen LogP contribution in [0.1, 0.15) is 26.5 Å². The maximum Gasteiger partial charge on any atom is 0.267 e. The lowest BCUT2D eigenvalue weighted by Crippen LogP contribution is -2.40. The molecule has 32 heavy (non-hydrogen) atoms. The van der Waals surface area contributed by atoms with Crippen LogP contribution in [0.15, 0.2) is 40.0 Å². The average molecular weight is 465 g/mol. The first kappa shape index (κ1) is 23.9. The molecule has 1 aliphatic heterocycles. The van der Waals surface area contributed by atoms with Gasteiger partial charge in [0.15, 0.2) is 0 Å². The molecule has 10 nitrogen and oxygen atoms in total. The van der Waals surface area contributed by atoms with Crippen molar-refractivity contribution in [2.24, 2.45) is 0 Å². The number of hydrogen-bond donors (Lipinski definition) is 1. The summed E-state index contributed by atoms with van der Waals surface area (Å²) in [6.45, 7) is 6.71. The lowest BCUT2D eigenvalue weighted by molar-refractivity contribution is -0.117. The third-order valence-corrected chi connectivity index (χ3v) is 6.88. The molecule has 0 saturated carbocycles. The summed E-state index contributed by atoms with van der Waals surface area (Å²) < 4.78 is 38.8. The van der Waals surface area contributed by atoms with Crippen molar-refractivity contribution >= 4 is 21.6 Å². The Labute approximate surface area is 187 Å². The highest BCUT2D eigenvalue weighted by molar-refractivity contribution is 7.89. The van der Waals surface area contributed by atoms with E-state index in [-0.39, 0.29) is 35.6 Å². The molecule has 11 heteroatoms. The normalized spacial score (nSPS) is 15.4. The molecule has 2 aromatic rings. The van der Waals surface area contributed by atoms with Gasteiger partial charge in [-0.1, -0.05) is 20.8 Å². The zero-order valence-electron chi connectivity index (χ0n) is 18.6. The Balaban J connectivity index is 1.85. The zero-order chi connectivity index (χ0) is 23.5. The molecule has 1 N–H and O–H groups in total. The first-order chi connectivity index (χ1) is 15.0. The number of morpholine rings is 1. The predicted octanol–water partition coefficient (Wildman–Crippen LogP) is 1.21. The topological polar surface area (TPSA) is 120 Å². The minimum Gasteiger partial charge on any atom is -0.495 e. The molecule has 1 fully saturated rings. The largest absolute Gasteiger partial charge is 0.495 e. The number of nitrogens with one attached hydrogen (secondary N) is 1. The van der Waals surface area contributed by atoms with Crippen LogP contribution in [0.5, 0.6) is 5.75 Å². The number of carbonyl (C=O) groups excluding carboxylic acids is 1. The zero-order valence-corrected chi connectivity index (χ0v) is 19.4. The summed E-state index contributed by atoms with van der Waals surface area (Å²) in [6.07, 6.45) is 0. The highest BCUT2D eigenvalue weighted by Gasteiger charge is 2.27. The number of amides is 1. The number of aromatic nitrogens is 2. The van der Waals surface area contributed by atoms with Crippen LogP contribution < -0.4 is 15.6 Å². The van der Waals surface area contributed by atoms with Gasteiger partial charge in [0.25, 0.3) is 5.56 Å². The second-order valence-corrected chi connectivity index (χ2v) is 10.3. The first-order valence-corrected chi connectivity index (χ1v) is 11.6. The lowest BCUT2D eigenvalue weighted by Gasteiger charge is -2.26. The van der Waals surface area contributed by atoms with E-state index in [1.807, 2.05) is 20.8 Å². The van der Waals surface area contributed by atoms with Gasteiger partial charge in [0.05, 0.1) is 36.6 Å². The molecule has 1 aromatic carbocycles. The molecular weight excluding hydrogens is 436 g/mol. The number of rotatable bonds is 6. The van der Waals surface area contributed by atoms with Crippen LogP contribution in [-0.4, -0.2) is 61.8 Å². The molecule has 0 bridgehead atoms. The van der Waals surface area contributed by atoms with Crippen LogP contribution in [0, 0.1) is 0 Å². The molecule has 1 saturated heterocycles. The van der Waals surface area contributed by atoms with E-state index < -0.39 is 21.5 Å². The molecule has 0 aliphatic carbocycles. The monoisotopic (exact) mass is 464 g/mol. The van der Waals surface area contributed by atoms with Gasteiger partial charge in [-0.2, -0.15) is 9.40 Å². The molecule has 0 atom stereocenters. The molecule has 0 radical (unpaired) electrons. The van der Waals surface area contributed by atoms with E-state index in [4.69, 9.17) is 9.47 Å². The van der Waals surface area contributed by atoms with Crippen LogP contribution in [0.4, 0.5) is 5.69 Å². The fourth-order valence-electron chi connectivity index (χ4n) is 3.17. The van der Waals surface area contributed by atoms with Gasteiger partial charge in [-0.25, -0.2) is 13.1 Å². The fraction of sp³-hybridized carbons (Fsp3) is 0.476. The highest BCUT2D eigenvalue weighted by atomic mass is 32.2. The van der Waals surface area contributed by atoms with Crippen molar-refractivity contribution in [3.8, 4) is 5.75 Å². The number of nitrogens with zero attached hydrogens (tertiary/aromatic N) is 3. The van der Waals surface area contributed by atoms with Gasteiger partial charge in [-0.3, -0.25) is 9.59 Å². The molecule has 174 valence electrons. The van der Waals surface area contributed by atoms with Crippen molar-refractivity contribution in [2.45, 2.75) is 37.6 Å². The van der Waals surface area contributed by atoms with Crippen molar-refractivity contribution in [2.75, 3.05) is 38.7 Å². The van der Waals surface area contributed by atoms with E-state index in [1.54, 1.807) is 6.07 Å². The van der Waals surface area contributed by atoms with E-state index in [0.29, 0.717) is 24.7 Å². The van der Waals surface area contributed by atoms with Crippen molar-refractivity contribution in [1.82, 2.24) is 14.1 Å². The van der Waals surface area contributed by atoms with E-state index in [0.717, 1.165) is 4.68 Å². The van der Waals surface area contributed by atoms with Gasteiger partial charge >= 0.3 is 0 Å². The SMILES string of the molecule is COc1ccc(S(=O)(=O)N2CCOCC2)cc1NC(=O)Cn1nc(C(C)(C)C)ccc1=O. The summed E-state index contributed by atoms with van der Waals surface area (Å²) in [6, 6.07) is 7.27. The number of methoxy groups -OCH3 is 1. The Morgan fingerprint density at radius 1 is 1.19 bits per heavy atom. The summed E-state index contributed by atoms with van der Waals surface area (Å²) in [4.78, 5) is 24.9. The maximum atomic E-state index is 13.0. The Morgan fingerprint density at radius 3 is 2.50 bits per heavy atom. The second-order valence-electron chi connectivity index (χ2n) is 8.39. The van der Waals surface area contributed by atoms with E-state index >= 15 is 0 Å². The third kappa shape index (κ3) is 5.34. The van der Waals surface area contributed by atoms with Gasteiger partial charge in [-0.05, 0) is 24.3 Å². The van der Waals surface area contributed by atoms with Gasteiger partial charge in [0.1, 0.15) is 12.3 Å². The minimum atomic E-state index is -3.75. The fourth-order valence-corrected chi connectivity index (χ4v) is 4.60. The smallest absolute Gasteiger partial charge is 0.267 e. The second kappa shape index (κ2) is 9.39. The Morgan fingerprint density at radius 2 is 1.88 bits per heavy atom. The maximum absolute atomic E-state index is 13.0. The van der Waals surface area contributed by atoms with Crippen LogP contribution in [0.2, 0.25) is 0 Å². The van der Waals surface area contributed by atoms with Gasteiger partial charge in [0.2, 0.25) is 15.9 Å². The van der Waals surface area contributed by atoms with Gasteiger partial charge in [-0.15, -0.1) is 0 Å². The molecule has 2 heterocycles. The number of benzene rings is 1. The van der Waals surface area contributed by atoms with Gasteiger partial charge < -0.3 is 14.8 Å². The van der Waals surface area contributed by atoms with Crippen molar-refractivity contribution < 1.29 is 22.7 Å². The quantitative estimate of drug-likeness (QED) is 0.682. The Hall–Kier alpha value is -2.76. The summed E-state index contributed by atoms with van der Waals surface area (Å²) in [5.41, 5.74) is 0.147. The average Bonchev–Trinajstić information content (AvgIpc) is 2.75. The number of carbonyl (C=O) groups is 1. The lowest BCUT2D eigenvalue weighted by atomic mass is 9.92. The number of sulfonamides is 1. The molecule has 0 unspecified atom stereocenters. The molecule has 0 spiro atoms. The van der Waals surface area contributed by atoms with Crippen molar-refractivity contribution in [1.29, 1.82) is 0 Å². The standard InChI is InChI=1S/C21H28N4O6S/c1-21(2,3)18-7-8-20(27)25(23-18)14-19(26)22-16-13-15(5-6-17(16)30-4)32(28,29)24-9-11-31-12-10-24/h5-8,13H,9-12,14H2,1-4H3,(H,22,26). The number of ether oxygens (including phenoxy) is 2. The van der Waals surface area contributed by atoms with E-state index in [2.05, 4.69) is 10.4 Å². The van der Waals surface area contributed by atoms with Crippen molar-refractivity contribution in [3.05, 3.63) is 46.4 Å². The summed E-state index contributed by atoms with van der Waals surface area (Å²) >= 11 is 0. The highest BCUT2D eigenvalue weighted by Crippen LogP contribution is 2.29.